The summed E-state index contributed by atoms with van der Waals surface area (Å²) in [4.78, 5) is 26.4. The van der Waals surface area contributed by atoms with Gasteiger partial charge in [0.25, 0.3) is 0 Å². The molecule has 1 aromatic rings. The summed E-state index contributed by atoms with van der Waals surface area (Å²) in [5.74, 6) is 0.472. The third-order valence-electron chi connectivity index (χ3n) is 6.17. The molecule has 0 spiro atoms. The minimum absolute atomic E-state index is 0.00873. The minimum Gasteiger partial charge on any atom is -0.490 e. The van der Waals surface area contributed by atoms with Gasteiger partial charge in [0, 0.05) is 0 Å². The van der Waals surface area contributed by atoms with E-state index in [1.54, 1.807) is 0 Å². The molecular formula is C27H46NO5+. The number of ether oxygens (including phenoxy) is 3. The zero-order valence-corrected chi connectivity index (χ0v) is 22.3. The van der Waals surface area contributed by atoms with Gasteiger partial charge in [-0.1, -0.05) is 45.9 Å². The second-order valence-electron chi connectivity index (χ2n) is 11.4. The number of likely N-dealkylation sites (N-methyl/N-ethyl adjacent to an activating group) is 1. The highest BCUT2D eigenvalue weighted by atomic mass is 16.6. The highest BCUT2D eigenvalue weighted by Gasteiger charge is 2.48. The molecule has 0 saturated heterocycles. The van der Waals surface area contributed by atoms with Gasteiger partial charge < -0.3 is 18.7 Å². The molecule has 6 heteroatoms. The lowest BCUT2D eigenvalue weighted by Gasteiger charge is -2.39. The SMILES string of the molecule is CC(C)CC(C)(CC(C)(C(=O)OCCOc1ccccc1)C(C)C)C(=O)OCC[N+](C)(C)C. The maximum Gasteiger partial charge on any atom is 0.312 e. The van der Waals surface area contributed by atoms with Crippen LogP contribution in [0.5, 0.6) is 5.75 Å². The molecule has 0 bridgehead atoms. The first-order valence-corrected chi connectivity index (χ1v) is 12.0. The van der Waals surface area contributed by atoms with Crippen molar-refractivity contribution in [3.63, 3.8) is 0 Å². The predicted molar refractivity (Wildman–Crippen MR) is 132 cm³/mol. The lowest BCUT2D eigenvalue weighted by Crippen LogP contribution is -2.45. The lowest BCUT2D eigenvalue weighted by atomic mass is 9.65. The molecular weight excluding hydrogens is 418 g/mol. The van der Waals surface area contributed by atoms with Crippen LogP contribution in [0.3, 0.4) is 0 Å². The Bertz CT molecular complexity index is 741. The molecule has 0 aromatic heterocycles. The van der Waals surface area contributed by atoms with Gasteiger partial charge in [-0.25, -0.2) is 0 Å². The van der Waals surface area contributed by atoms with Gasteiger partial charge in [0.1, 0.15) is 32.1 Å². The first kappa shape index (κ1) is 29.0. The Morgan fingerprint density at radius 2 is 1.45 bits per heavy atom. The van der Waals surface area contributed by atoms with E-state index < -0.39 is 10.8 Å². The monoisotopic (exact) mass is 464 g/mol. The van der Waals surface area contributed by atoms with Crippen molar-refractivity contribution in [2.45, 2.75) is 54.4 Å². The predicted octanol–water partition coefficient (Wildman–Crippen LogP) is 4.96. The first-order chi connectivity index (χ1) is 15.2. The Labute approximate surface area is 201 Å². The van der Waals surface area contributed by atoms with Crippen LogP contribution in [-0.2, 0) is 19.1 Å². The number of nitrogens with zero attached hydrogens (tertiary/aromatic N) is 1. The molecule has 0 aliphatic carbocycles. The van der Waals surface area contributed by atoms with Gasteiger partial charge in [0.05, 0.1) is 32.0 Å². The number of carbonyl (C=O) groups is 2. The molecule has 1 aromatic carbocycles. The fourth-order valence-electron chi connectivity index (χ4n) is 4.01. The Morgan fingerprint density at radius 3 is 1.97 bits per heavy atom. The average molecular weight is 465 g/mol. The van der Waals surface area contributed by atoms with E-state index in [0.29, 0.717) is 19.4 Å². The molecule has 2 atom stereocenters. The summed E-state index contributed by atoms with van der Waals surface area (Å²) in [5.41, 5.74) is -1.60. The van der Waals surface area contributed by atoms with E-state index in [1.165, 1.54) is 0 Å². The molecule has 0 aliphatic rings. The standard InChI is InChI=1S/C27H46NO5/c1-21(2)19-26(5,24(29)32-16-15-28(7,8)9)20-27(6,22(3)4)25(30)33-18-17-31-23-13-11-10-12-14-23/h10-14,21-22H,15-20H2,1-9H3/q+1. The van der Waals surface area contributed by atoms with Crippen molar-refractivity contribution < 1.29 is 28.3 Å². The second kappa shape index (κ2) is 12.4. The number of esters is 2. The normalized spacial score (nSPS) is 15.6. The molecule has 33 heavy (non-hydrogen) atoms. The molecule has 0 heterocycles. The Balaban J connectivity index is 2.87. The molecule has 0 aliphatic heterocycles. The van der Waals surface area contributed by atoms with E-state index in [4.69, 9.17) is 14.2 Å². The third-order valence-corrected chi connectivity index (χ3v) is 6.17. The summed E-state index contributed by atoms with van der Waals surface area (Å²) in [7, 11) is 6.19. The quantitative estimate of drug-likeness (QED) is 0.221. The summed E-state index contributed by atoms with van der Waals surface area (Å²) in [6, 6.07) is 9.43. The van der Waals surface area contributed by atoms with Crippen molar-refractivity contribution in [2.75, 3.05) is 47.5 Å². The molecule has 0 radical (unpaired) electrons. The van der Waals surface area contributed by atoms with Gasteiger partial charge in [-0.05, 0) is 50.7 Å². The van der Waals surface area contributed by atoms with Crippen LogP contribution in [0, 0.1) is 22.7 Å². The first-order valence-electron chi connectivity index (χ1n) is 12.0. The molecule has 6 nitrogen and oxygen atoms in total. The number of hydrogen-bond donors (Lipinski definition) is 0. The summed E-state index contributed by atoms with van der Waals surface area (Å²) in [5, 5.41) is 0. The van der Waals surface area contributed by atoms with Crippen molar-refractivity contribution in [1.29, 1.82) is 0 Å². The Kier molecular flexibility index (Phi) is 10.9. The number of carbonyl (C=O) groups excluding carboxylic acids is 2. The fourth-order valence-corrected chi connectivity index (χ4v) is 4.01. The van der Waals surface area contributed by atoms with Crippen LogP contribution in [-0.4, -0.2) is 63.9 Å². The molecule has 188 valence electrons. The van der Waals surface area contributed by atoms with Crippen LogP contribution >= 0.6 is 0 Å². The molecule has 1 rings (SSSR count). The fraction of sp³-hybridized carbons (Fsp3) is 0.704. The van der Waals surface area contributed by atoms with Gasteiger partial charge in [0.2, 0.25) is 0 Å². The van der Waals surface area contributed by atoms with Crippen LogP contribution in [0.1, 0.15) is 54.4 Å². The summed E-state index contributed by atoms with van der Waals surface area (Å²) >= 11 is 0. The van der Waals surface area contributed by atoms with Crippen LogP contribution in [0.25, 0.3) is 0 Å². The number of benzene rings is 1. The largest absolute Gasteiger partial charge is 0.490 e. The van der Waals surface area contributed by atoms with Crippen LogP contribution in [0.2, 0.25) is 0 Å². The van der Waals surface area contributed by atoms with Gasteiger partial charge in [-0.15, -0.1) is 0 Å². The average Bonchev–Trinajstić information content (AvgIpc) is 2.69. The van der Waals surface area contributed by atoms with Crippen molar-refractivity contribution >= 4 is 11.9 Å². The molecule has 0 amide bonds. The van der Waals surface area contributed by atoms with Crippen LogP contribution in [0.4, 0.5) is 0 Å². The minimum atomic E-state index is -0.824. The van der Waals surface area contributed by atoms with E-state index in [-0.39, 0.29) is 37.0 Å². The van der Waals surface area contributed by atoms with Gasteiger partial charge in [0.15, 0.2) is 0 Å². The zero-order valence-electron chi connectivity index (χ0n) is 22.3. The van der Waals surface area contributed by atoms with E-state index in [2.05, 4.69) is 35.0 Å². The topological polar surface area (TPSA) is 61.8 Å². The van der Waals surface area contributed by atoms with Gasteiger partial charge >= 0.3 is 11.9 Å². The summed E-state index contributed by atoms with van der Waals surface area (Å²) in [6.07, 6.45) is 1.01. The Hall–Kier alpha value is -2.08. The van der Waals surface area contributed by atoms with Crippen molar-refractivity contribution in [3.05, 3.63) is 30.3 Å². The van der Waals surface area contributed by atoms with Crippen molar-refractivity contribution in [3.8, 4) is 5.75 Å². The van der Waals surface area contributed by atoms with Gasteiger partial charge in [-0.2, -0.15) is 0 Å². The lowest BCUT2D eigenvalue weighted by molar-refractivity contribution is -0.870. The molecule has 2 unspecified atom stereocenters. The van der Waals surface area contributed by atoms with Crippen molar-refractivity contribution in [2.24, 2.45) is 22.7 Å². The number of hydrogen-bond acceptors (Lipinski definition) is 5. The second-order valence-corrected chi connectivity index (χ2v) is 11.4. The number of quaternary nitrogens is 1. The maximum absolute atomic E-state index is 13.2. The number of rotatable bonds is 14. The number of para-hydroxylation sites is 1. The van der Waals surface area contributed by atoms with E-state index in [1.807, 2.05) is 58.0 Å². The zero-order chi connectivity index (χ0) is 25.3. The van der Waals surface area contributed by atoms with Crippen LogP contribution < -0.4 is 4.74 Å². The molecule has 0 saturated carbocycles. The van der Waals surface area contributed by atoms with E-state index >= 15 is 0 Å². The van der Waals surface area contributed by atoms with Gasteiger partial charge in [-0.3, -0.25) is 9.59 Å². The molecule has 0 N–H and O–H groups in total. The van der Waals surface area contributed by atoms with E-state index in [9.17, 15) is 9.59 Å². The summed E-state index contributed by atoms with van der Waals surface area (Å²) < 4.78 is 17.7. The smallest absolute Gasteiger partial charge is 0.312 e. The third kappa shape index (κ3) is 9.75. The molecule has 0 fully saturated rings. The van der Waals surface area contributed by atoms with Crippen molar-refractivity contribution in [1.82, 2.24) is 0 Å². The Morgan fingerprint density at radius 1 is 0.879 bits per heavy atom. The van der Waals surface area contributed by atoms with E-state index in [0.717, 1.165) is 16.8 Å². The highest BCUT2D eigenvalue weighted by molar-refractivity contribution is 5.81. The van der Waals surface area contributed by atoms with Crippen LogP contribution in [0.15, 0.2) is 30.3 Å². The maximum atomic E-state index is 13.2. The highest BCUT2D eigenvalue weighted by Crippen LogP contribution is 2.44. The summed E-state index contributed by atoms with van der Waals surface area (Å²) in [6.45, 7) is 13.5.